The highest BCUT2D eigenvalue weighted by Gasteiger charge is 2.58. The summed E-state index contributed by atoms with van der Waals surface area (Å²) in [7, 11) is -11.3. The second kappa shape index (κ2) is 15.4. The summed E-state index contributed by atoms with van der Waals surface area (Å²) in [5, 5.41) is 8.53. The minimum atomic E-state index is -5.63. The van der Waals surface area contributed by atoms with Crippen molar-refractivity contribution >= 4 is 62.3 Å². The van der Waals surface area contributed by atoms with Crippen LogP contribution in [0.25, 0.3) is 0 Å². The van der Waals surface area contributed by atoms with Crippen molar-refractivity contribution in [1.29, 1.82) is 0 Å². The van der Waals surface area contributed by atoms with E-state index in [4.69, 9.17) is 48.5 Å². The van der Waals surface area contributed by atoms with E-state index in [-0.39, 0.29) is 19.4 Å². The zero-order chi connectivity index (χ0) is 30.0. The molecule has 8 N–H and O–H groups in total. The Kier molecular flexibility index (Phi) is 14.0. The first-order valence-corrected chi connectivity index (χ1v) is 15.9. The van der Waals surface area contributed by atoms with E-state index >= 15 is 0 Å². The molecule has 3 amide bonds. The zero-order valence-corrected chi connectivity index (χ0v) is 24.4. The molecule has 0 aliphatic heterocycles. The Hall–Kier alpha value is -1.57. The highest BCUT2D eigenvalue weighted by atomic mass is 35.5. The summed E-state index contributed by atoms with van der Waals surface area (Å²) in [5.41, 5.74) is 7.58. The number of anilines is 1. The first kappa shape index (κ1) is 35.5. The molecule has 0 saturated heterocycles. The van der Waals surface area contributed by atoms with Crippen LogP contribution >= 0.6 is 38.4 Å². The highest BCUT2D eigenvalue weighted by molar-refractivity contribution is 7.72. The summed E-state index contributed by atoms with van der Waals surface area (Å²) in [6.07, 6.45) is -1.27. The lowest BCUT2D eigenvalue weighted by Crippen LogP contribution is -2.53. The van der Waals surface area contributed by atoms with E-state index < -0.39 is 57.0 Å². The summed E-state index contributed by atoms with van der Waals surface area (Å²) in [6, 6.07) is 4.66. The van der Waals surface area contributed by atoms with Gasteiger partial charge < -0.3 is 40.6 Å². The van der Waals surface area contributed by atoms with Crippen LogP contribution in [-0.4, -0.2) is 96.4 Å². The van der Waals surface area contributed by atoms with Crippen LogP contribution in [0.5, 0.6) is 0 Å². The third-order valence-corrected chi connectivity index (χ3v) is 10.1. The highest BCUT2D eigenvalue weighted by Crippen LogP contribution is 2.69. The van der Waals surface area contributed by atoms with E-state index in [2.05, 4.69) is 5.32 Å². The Balaban J connectivity index is 2.76. The number of hydrogen-bond acceptors (Lipinski definition) is 8. The topological polar surface area (TPSA) is 231 Å². The van der Waals surface area contributed by atoms with Crippen LogP contribution in [0.2, 0.25) is 0 Å². The average Bonchev–Trinajstić information content (AvgIpc) is 2.85. The van der Waals surface area contributed by atoms with Gasteiger partial charge in [-0.15, -0.1) is 23.2 Å². The van der Waals surface area contributed by atoms with Crippen LogP contribution in [0.4, 0.5) is 5.69 Å². The zero-order valence-electron chi connectivity index (χ0n) is 21.1. The number of carbonyl (C=O) groups is 3. The van der Waals surface area contributed by atoms with Crippen LogP contribution in [0.15, 0.2) is 24.3 Å². The number of nitrogens with zero attached hydrogens (tertiary/aromatic N) is 2. The number of amides is 3. The van der Waals surface area contributed by atoms with Gasteiger partial charge in [0.2, 0.25) is 18.2 Å². The summed E-state index contributed by atoms with van der Waals surface area (Å²) in [5.74, 6) is -0.857. The van der Waals surface area contributed by atoms with Gasteiger partial charge in [0.25, 0.3) is 5.08 Å². The Morgan fingerprint density at radius 1 is 1.08 bits per heavy atom. The Labute approximate surface area is 235 Å². The molecule has 0 unspecified atom stereocenters. The quantitative estimate of drug-likeness (QED) is 0.0524. The first-order chi connectivity index (χ1) is 18.0. The maximum absolute atomic E-state index is 12.8. The third-order valence-electron chi connectivity index (χ3n) is 5.87. The van der Waals surface area contributed by atoms with E-state index in [1.807, 2.05) is 17.0 Å². The van der Waals surface area contributed by atoms with E-state index in [0.717, 1.165) is 5.69 Å². The molecule has 1 aromatic rings. The lowest BCUT2D eigenvalue weighted by molar-refractivity contribution is -0.146. The molecular weight excluding hydrogens is 601 g/mol. The minimum Gasteiger partial charge on any atom is -0.369 e. The molecule has 1 rings (SSSR count). The first-order valence-electron chi connectivity index (χ1n) is 11.6. The van der Waals surface area contributed by atoms with Gasteiger partial charge in [-0.05, 0) is 37.5 Å². The molecule has 0 aliphatic carbocycles. The number of nitrogens with two attached hydrogens (primary N) is 1. The SMILES string of the molecule is C[C@@H](C(=O)NCCCC(O)(P(=O)(O)O)P(=O)(O)O)N(C=O)C(=O)[C@@H](N)Cc1ccc(N(CCCl)CCCl)cc1. The molecule has 18 heteroatoms. The maximum atomic E-state index is 12.8. The number of imide groups is 1. The van der Waals surface area contributed by atoms with Gasteiger partial charge in [0.1, 0.15) is 6.04 Å². The van der Waals surface area contributed by atoms with Gasteiger partial charge in [0, 0.05) is 43.5 Å². The molecule has 14 nitrogen and oxygen atoms in total. The summed E-state index contributed by atoms with van der Waals surface area (Å²) in [6.45, 7) is 2.05. The molecule has 0 bridgehead atoms. The van der Waals surface area contributed by atoms with E-state index in [9.17, 15) is 28.6 Å². The van der Waals surface area contributed by atoms with Crippen molar-refractivity contribution in [2.24, 2.45) is 5.73 Å². The van der Waals surface area contributed by atoms with E-state index in [0.29, 0.717) is 35.3 Å². The lowest BCUT2D eigenvalue weighted by Gasteiger charge is -2.29. The maximum Gasteiger partial charge on any atom is 0.369 e. The molecule has 1 aromatic carbocycles. The van der Waals surface area contributed by atoms with Crippen molar-refractivity contribution in [2.75, 3.05) is 36.3 Å². The number of rotatable bonds is 17. The molecule has 0 fully saturated rings. The van der Waals surface area contributed by atoms with Gasteiger partial charge in [-0.25, -0.2) is 0 Å². The predicted molar refractivity (Wildman–Crippen MR) is 145 cm³/mol. The molecule has 0 aliphatic rings. The van der Waals surface area contributed by atoms with Gasteiger partial charge in [-0.1, -0.05) is 12.1 Å². The van der Waals surface area contributed by atoms with Crippen molar-refractivity contribution < 1.29 is 48.2 Å². The minimum absolute atomic E-state index is 0.0616. The molecule has 0 heterocycles. The van der Waals surface area contributed by atoms with Crippen LogP contribution in [0, 0.1) is 0 Å². The standard InChI is InChI=1S/C21H34Cl2N4O10P2/c1-15(19(29)25-10-2-7-21(31,38(32,33)34)39(35,36)37)27(14-28)20(30)18(24)13-16-3-5-17(6-4-16)26(11-8-22)12-9-23/h3-6,14-15,18,31H,2,7-13,24H2,1H3,(H,25,29)(H2,32,33,34)(H2,35,36,37)/t15-,18-/m0/s1. The number of nitrogens with one attached hydrogen (secondary N) is 1. The van der Waals surface area contributed by atoms with Crippen LogP contribution in [0.1, 0.15) is 25.3 Å². The van der Waals surface area contributed by atoms with Gasteiger partial charge in [-0.3, -0.25) is 28.4 Å². The Bertz CT molecular complexity index is 1040. The fourth-order valence-electron chi connectivity index (χ4n) is 3.56. The van der Waals surface area contributed by atoms with Gasteiger partial charge in [-0.2, -0.15) is 0 Å². The molecule has 0 spiro atoms. The number of benzene rings is 1. The summed E-state index contributed by atoms with van der Waals surface area (Å²) < 4.78 is 22.8. The fraction of sp³-hybridized carbons (Fsp3) is 0.571. The largest absolute Gasteiger partial charge is 0.369 e. The van der Waals surface area contributed by atoms with Gasteiger partial charge >= 0.3 is 15.2 Å². The number of aliphatic hydroxyl groups is 1. The second-order valence-corrected chi connectivity index (χ2v) is 13.4. The number of alkyl halides is 2. The fourth-order valence-corrected chi connectivity index (χ4v) is 6.22. The second-order valence-electron chi connectivity index (χ2n) is 8.63. The van der Waals surface area contributed by atoms with Gasteiger partial charge in [0.05, 0.1) is 6.04 Å². The van der Waals surface area contributed by atoms with E-state index in [1.165, 1.54) is 6.92 Å². The van der Waals surface area contributed by atoms with Crippen molar-refractivity contribution in [2.45, 2.75) is 43.4 Å². The lowest BCUT2D eigenvalue weighted by atomic mass is 10.0. The molecule has 2 atom stereocenters. The third kappa shape index (κ3) is 9.79. The van der Waals surface area contributed by atoms with Crippen molar-refractivity contribution in [3.63, 3.8) is 0 Å². The predicted octanol–water partition coefficient (Wildman–Crippen LogP) is 0.112. The molecule has 0 radical (unpaired) electrons. The Morgan fingerprint density at radius 2 is 1.59 bits per heavy atom. The molecule has 39 heavy (non-hydrogen) atoms. The average molecular weight is 635 g/mol. The van der Waals surface area contributed by atoms with Crippen molar-refractivity contribution in [3.05, 3.63) is 29.8 Å². The normalized spacial score (nSPS) is 13.9. The van der Waals surface area contributed by atoms with E-state index in [1.54, 1.807) is 12.1 Å². The molecule has 222 valence electrons. The summed E-state index contributed by atoms with van der Waals surface area (Å²) >= 11 is 11.7. The number of halogens is 2. The van der Waals surface area contributed by atoms with Crippen LogP contribution < -0.4 is 16.0 Å². The molecular formula is C21H34Cl2N4O10P2. The van der Waals surface area contributed by atoms with Gasteiger partial charge in [0.15, 0.2) is 0 Å². The molecule has 0 saturated carbocycles. The van der Waals surface area contributed by atoms with Crippen molar-refractivity contribution in [3.8, 4) is 0 Å². The van der Waals surface area contributed by atoms with Crippen molar-refractivity contribution in [1.82, 2.24) is 10.2 Å². The monoisotopic (exact) mass is 634 g/mol. The Morgan fingerprint density at radius 3 is 2.03 bits per heavy atom. The molecule has 0 aromatic heterocycles. The van der Waals surface area contributed by atoms with Crippen LogP contribution in [0.3, 0.4) is 0 Å². The smallest absolute Gasteiger partial charge is 0.369 e. The van der Waals surface area contributed by atoms with Crippen LogP contribution in [-0.2, 0) is 29.9 Å². The number of hydrogen-bond donors (Lipinski definition) is 7. The summed E-state index contributed by atoms with van der Waals surface area (Å²) in [4.78, 5) is 76.0. The number of carbonyl (C=O) groups excluding carboxylic acids is 3.